The molecule has 10 heteroatoms. The first-order chi connectivity index (χ1) is 12.7. The van der Waals surface area contributed by atoms with Crippen molar-refractivity contribution in [3.8, 4) is 0 Å². The zero-order chi connectivity index (χ0) is 19.6. The Morgan fingerprint density at radius 3 is 2.56 bits per heavy atom. The molecule has 0 saturated carbocycles. The van der Waals surface area contributed by atoms with Crippen molar-refractivity contribution >= 4 is 38.5 Å². The van der Waals surface area contributed by atoms with Gasteiger partial charge in [-0.15, -0.1) is 0 Å². The van der Waals surface area contributed by atoms with Gasteiger partial charge in [0.15, 0.2) is 5.65 Å². The molecule has 0 aliphatic rings. The molecule has 2 aromatic heterocycles. The summed E-state index contributed by atoms with van der Waals surface area (Å²) >= 11 is 0. The van der Waals surface area contributed by atoms with E-state index in [1.54, 1.807) is 35.1 Å². The van der Waals surface area contributed by atoms with E-state index in [2.05, 4.69) is 20.7 Å². The minimum atomic E-state index is -4.27. The summed E-state index contributed by atoms with van der Waals surface area (Å²) in [6.07, 6.45) is 1.77. The van der Waals surface area contributed by atoms with Crippen molar-refractivity contribution in [2.24, 2.45) is 7.05 Å². The monoisotopic (exact) mass is 390 g/mol. The van der Waals surface area contributed by atoms with E-state index in [1.165, 1.54) is 0 Å². The third-order valence-corrected chi connectivity index (χ3v) is 4.32. The summed E-state index contributed by atoms with van der Waals surface area (Å²) in [4.78, 5) is 4.60. The standard InChI is InChI=1S/C17H22N6O3S/c1-11(2)20-16-8-15(14-10-19-23(3)17(14)21-16)18-9-12-4-6-13(7-5-12)22-27(24,25)26/h4-8,10-11,22H,9H2,1-3H3,(H2,18,20,21)(H,24,25,26). The van der Waals surface area contributed by atoms with Gasteiger partial charge in [0.1, 0.15) is 5.82 Å². The van der Waals surface area contributed by atoms with Crippen LogP contribution in [0.3, 0.4) is 0 Å². The van der Waals surface area contributed by atoms with Crippen molar-refractivity contribution < 1.29 is 13.0 Å². The first kappa shape index (κ1) is 18.9. The lowest BCUT2D eigenvalue weighted by atomic mass is 10.2. The highest BCUT2D eigenvalue weighted by Crippen LogP contribution is 2.26. The molecular weight excluding hydrogens is 368 g/mol. The van der Waals surface area contributed by atoms with Crippen LogP contribution >= 0.6 is 0 Å². The van der Waals surface area contributed by atoms with Crippen LogP contribution in [0.15, 0.2) is 36.5 Å². The summed E-state index contributed by atoms with van der Waals surface area (Å²) in [6.45, 7) is 4.62. The molecule has 0 fully saturated rings. The number of hydrogen-bond donors (Lipinski definition) is 4. The first-order valence-corrected chi connectivity index (χ1v) is 9.82. The largest absolute Gasteiger partial charge is 0.380 e. The lowest BCUT2D eigenvalue weighted by Gasteiger charge is -2.13. The summed E-state index contributed by atoms with van der Waals surface area (Å²) in [7, 11) is -2.42. The van der Waals surface area contributed by atoms with Gasteiger partial charge >= 0.3 is 10.3 Å². The van der Waals surface area contributed by atoms with E-state index in [0.29, 0.717) is 12.2 Å². The molecular formula is C17H22N6O3S. The van der Waals surface area contributed by atoms with E-state index in [4.69, 9.17) is 4.55 Å². The zero-order valence-electron chi connectivity index (χ0n) is 15.3. The molecule has 9 nitrogen and oxygen atoms in total. The zero-order valence-corrected chi connectivity index (χ0v) is 16.1. The number of nitrogens with one attached hydrogen (secondary N) is 3. The second-order valence-electron chi connectivity index (χ2n) is 6.49. The second kappa shape index (κ2) is 7.41. The maximum absolute atomic E-state index is 10.8. The molecule has 0 aliphatic heterocycles. The molecule has 0 atom stereocenters. The lowest BCUT2D eigenvalue weighted by molar-refractivity contribution is 0.489. The highest BCUT2D eigenvalue weighted by atomic mass is 32.2. The Hall–Kier alpha value is -2.85. The molecule has 27 heavy (non-hydrogen) atoms. The van der Waals surface area contributed by atoms with E-state index in [0.717, 1.165) is 28.1 Å². The number of anilines is 3. The molecule has 0 bridgehead atoms. The predicted octanol–water partition coefficient (Wildman–Crippen LogP) is 2.62. The van der Waals surface area contributed by atoms with Crippen LogP contribution < -0.4 is 15.4 Å². The van der Waals surface area contributed by atoms with Crippen molar-refractivity contribution in [1.82, 2.24) is 14.8 Å². The topological polar surface area (TPSA) is 121 Å². The SMILES string of the molecule is CC(C)Nc1cc(NCc2ccc(NS(=O)(=O)O)cc2)c2cnn(C)c2n1. The van der Waals surface area contributed by atoms with E-state index in [1.807, 2.05) is 31.7 Å². The van der Waals surface area contributed by atoms with E-state index in [-0.39, 0.29) is 6.04 Å². The molecule has 0 unspecified atom stereocenters. The number of nitrogens with zero attached hydrogens (tertiary/aromatic N) is 3. The van der Waals surface area contributed by atoms with Crippen LogP contribution in [-0.2, 0) is 23.9 Å². The van der Waals surface area contributed by atoms with Crippen LogP contribution in [0.2, 0.25) is 0 Å². The molecule has 3 rings (SSSR count). The van der Waals surface area contributed by atoms with Crippen LogP contribution in [0, 0.1) is 0 Å². The van der Waals surface area contributed by atoms with Crippen LogP contribution in [0.5, 0.6) is 0 Å². The Morgan fingerprint density at radius 2 is 1.93 bits per heavy atom. The molecule has 0 spiro atoms. The molecule has 0 saturated heterocycles. The van der Waals surface area contributed by atoms with Gasteiger partial charge in [0.05, 0.1) is 23.0 Å². The number of aryl methyl sites for hydroxylation is 1. The Bertz CT molecular complexity index is 1040. The maximum atomic E-state index is 10.8. The minimum absolute atomic E-state index is 0.249. The second-order valence-corrected chi connectivity index (χ2v) is 7.64. The average Bonchev–Trinajstić information content (AvgIpc) is 2.93. The van der Waals surface area contributed by atoms with Crippen LogP contribution in [0.4, 0.5) is 17.2 Å². The van der Waals surface area contributed by atoms with Crippen LogP contribution in [-0.4, -0.2) is 33.8 Å². The molecule has 0 radical (unpaired) electrons. The van der Waals surface area contributed by atoms with Gasteiger partial charge < -0.3 is 10.6 Å². The normalized spacial score (nSPS) is 11.7. The van der Waals surface area contributed by atoms with Gasteiger partial charge in [-0.1, -0.05) is 12.1 Å². The number of pyridine rings is 1. The smallest absolute Gasteiger partial charge is 0.357 e. The van der Waals surface area contributed by atoms with Crippen LogP contribution in [0.25, 0.3) is 11.0 Å². The fourth-order valence-corrected chi connectivity index (χ4v) is 3.10. The first-order valence-electron chi connectivity index (χ1n) is 8.38. The van der Waals surface area contributed by atoms with Crippen molar-refractivity contribution in [3.05, 3.63) is 42.1 Å². The Kier molecular flexibility index (Phi) is 5.19. The van der Waals surface area contributed by atoms with Crippen molar-refractivity contribution in [1.29, 1.82) is 0 Å². The summed E-state index contributed by atoms with van der Waals surface area (Å²) in [5.74, 6) is 0.760. The lowest BCUT2D eigenvalue weighted by Crippen LogP contribution is -2.12. The Morgan fingerprint density at radius 1 is 1.22 bits per heavy atom. The highest BCUT2D eigenvalue weighted by Gasteiger charge is 2.11. The third kappa shape index (κ3) is 4.86. The molecule has 144 valence electrons. The fraction of sp³-hybridized carbons (Fsp3) is 0.294. The third-order valence-electron chi connectivity index (χ3n) is 3.83. The van der Waals surface area contributed by atoms with Gasteiger partial charge in [0, 0.05) is 25.7 Å². The summed E-state index contributed by atoms with van der Waals surface area (Å²) in [6, 6.07) is 8.91. The Balaban J connectivity index is 1.80. The Labute approximate surface area is 157 Å². The van der Waals surface area contributed by atoms with Crippen LogP contribution in [0.1, 0.15) is 19.4 Å². The number of hydrogen-bond acceptors (Lipinski definition) is 6. The van der Waals surface area contributed by atoms with Crippen molar-refractivity contribution in [2.75, 3.05) is 15.4 Å². The maximum Gasteiger partial charge on any atom is 0.357 e. The number of fused-ring (bicyclic) bond motifs is 1. The highest BCUT2D eigenvalue weighted by molar-refractivity contribution is 7.87. The van der Waals surface area contributed by atoms with Gasteiger partial charge in [-0.3, -0.25) is 14.0 Å². The molecule has 1 aromatic carbocycles. The van der Waals surface area contributed by atoms with Gasteiger partial charge in [-0.2, -0.15) is 13.5 Å². The molecule has 3 aromatic rings. The molecule has 2 heterocycles. The van der Waals surface area contributed by atoms with E-state index < -0.39 is 10.3 Å². The number of benzene rings is 1. The summed E-state index contributed by atoms with van der Waals surface area (Å²) in [5.41, 5.74) is 2.92. The van der Waals surface area contributed by atoms with Crippen molar-refractivity contribution in [3.63, 3.8) is 0 Å². The van der Waals surface area contributed by atoms with Crippen molar-refractivity contribution in [2.45, 2.75) is 26.4 Å². The summed E-state index contributed by atoms with van der Waals surface area (Å²) < 4.78 is 34.2. The van der Waals surface area contributed by atoms with Gasteiger partial charge in [0.25, 0.3) is 0 Å². The van der Waals surface area contributed by atoms with Gasteiger partial charge in [0.2, 0.25) is 0 Å². The molecule has 0 amide bonds. The minimum Gasteiger partial charge on any atom is -0.380 e. The van der Waals surface area contributed by atoms with Gasteiger partial charge in [-0.25, -0.2) is 4.98 Å². The fourth-order valence-electron chi connectivity index (χ4n) is 2.67. The molecule has 0 aliphatic carbocycles. The van der Waals surface area contributed by atoms with Gasteiger partial charge in [-0.05, 0) is 31.5 Å². The van der Waals surface area contributed by atoms with E-state index >= 15 is 0 Å². The summed E-state index contributed by atoms with van der Waals surface area (Å²) in [5, 5.41) is 11.9. The predicted molar refractivity (Wildman–Crippen MR) is 106 cm³/mol. The average molecular weight is 390 g/mol. The number of rotatable bonds is 7. The van der Waals surface area contributed by atoms with E-state index in [9.17, 15) is 8.42 Å². The number of aromatic nitrogens is 3. The quantitative estimate of drug-likeness (QED) is 0.458. The molecule has 4 N–H and O–H groups in total.